The monoisotopic (exact) mass is 368 g/mol. The van der Waals surface area contributed by atoms with Crippen molar-refractivity contribution in [2.45, 2.75) is 6.29 Å². The van der Waals surface area contributed by atoms with Crippen LogP contribution in [0.4, 0.5) is 10.1 Å². The molecule has 1 aromatic rings. The fraction of sp³-hybridized carbons (Fsp3) is 0.412. The zero-order valence-electron chi connectivity index (χ0n) is 14.7. The van der Waals surface area contributed by atoms with Crippen LogP contribution in [0.15, 0.2) is 29.5 Å². The summed E-state index contributed by atoms with van der Waals surface area (Å²) in [5, 5.41) is 11.7. The number of hydrogen-bond donors (Lipinski definition) is 2. The van der Waals surface area contributed by atoms with E-state index in [1.807, 2.05) is 0 Å². The van der Waals surface area contributed by atoms with Crippen molar-refractivity contribution in [2.75, 3.05) is 46.3 Å². The number of hydrogen-bond acceptors (Lipinski definition) is 7. The van der Waals surface area contributed by atoms with Crippen molar-refractivity contribution in [2.24, 2.45) is 0 Å². The standard InChI is InChI=1S/C17H21FN2O6/c1-24-16(23)11-9-20(6-7-21)15(22)14(11)19-13-5-4-10(8-12(13)18)17(25-2)26-3/h4-5,8,17,19,21H,6-7,9H2,1-3H3. The van der Waals surface area contributed by atoms with Crippen LogP contribution in [0.2, 0.25) is 0 Å². The maximum atomic E-state index is 14.4. The average molecular weight is 368 g/mol. The van der Waals surface area contributed by atoms with Gasteiger partial charge < -0.3 is 29.5 Å². The van der Waals surface area contributed by atoms with E-state index in [-0.39, 0.29) is 36.7 Å². The number of esters is 1. The highest BCUT2D eigenvalue weighted by Gasteiger charge is 2.34. The molecular formula is C17H21FN2O6. The maximum Gasteiger partial charge on any atom is 0.337 e. The molecule has 2 N–H and O–H groups in total. The summed E-state index contributed by atoms with van der Waals surface area (Å²) < 4.78 is 29.3. The lowest BCUT2D eigenvalue weighted by Gasteiger charge is -2.16. The molecule has 0 radical (unpaired) electrons. The van der Waals surface area contributed by atoms with Crippen LogP contribution in [0.25, 0.3) is 0 Å². The first-order valence-electron chi connectivity index (χ1n) is 7.80. The smallest absolute Gasteiger partial charge is 0.337 e. The van der Waals surface area contributed by atoms with Crippen LogP contribution in [0.3, 0.4) is 0 Å². The second-order valence-corrected chi connectivity index (χ2v) is 5.46. The molecule has 8 nitrogen and oxygen atoms in total. The lowest BCUT2D eigenvalue weighted by Crippen LogP contribution is -2.31. The molecule has 0 bridgehead atoms. The number of benzene rings is 1. The molecule has 9 heteroatoms. The molecule has 0 unspecified atom stereocenters. The largest absolute Gasteiger partial charge is 0.466 e. The van der Waals surface area contributed by atoms with Gasteiger partial charge in [-0.3, -0.25) is 4.79 Å². The Morgan fingerprint density at radius 2 is 2.04 bits per heavy atom. The molecule has 2 rings (SSSR count). The van der Waals surface area contributed by atoms with E-state index in [2.05, 4.69) is 10.1 Å². The van der Waals surface area contributed by atoms with Crippen LogP contribution >= 0.6 is 0 Å². The zero-order valence-corrected chi connectivity index (χ0v) is 14.7. The maximum absolute atomic E-state index is 14.4. The van der Waals surface area contributed by atoms with Crippen molar-refractivity contribution in [3.8, 4) is 0 Å². The molecule has 1 aromatic carbocycles. The van der Waals surface area contributed by atoms with E-state index in [9.17, 15) is 14.0 Å². The van der Waals surface area contributed by atoms with Crippen molar-refractivity contribution in [3.05, 3.63) is 40.8 Å². The van der Waals surface area contributed by atoms with Gasteiger partial charge in [-0.15, -0.1) is 0 Å². The van der Waals surface area contributed by atoms with E-state index < -0.39 is 24.0 Å². The summed E-state index contributed by atoms with van der Waals surface area (Å²) in [5.41, 5.74) is 0.461. The lowest BCUT2D eigenvalue weighted by atomic mass is 10.1. The minimum Gasteiger partial charge on any atom is -0.466 e. The zero-order chi connectivity index (χ0) is 19.3. The van der Waals surface area contributed by atoms with Gasteiger partial charge in [0.1, 0.15) is 11.5 Å². The molecule has 0 aromatic heterocycles. The van der Waals surface area contributed by atoms with Crippen molar-refractivity contribution in [3.63, 3.8) is 0 Å². The van der Waals surface area contributed by atoms with Gasteiger partial charge in [0.25, 0.3) is 5.91 Å². The molecule has 0 atom stereocenters. The summed E-state index contributed by atoms with van der Waals surface area (Å²) in [6.07, 6.45) is -0.725. The molecule has 1 heterocycles. The lowest BCUT2D eigenvalue weighted by molar-refractivity contribution is -0.136. The minimum absolute atomic E-state index is 0.00954. The van der Waals surface area contributed by atoms with E-state index in [1.165, 1.54) is 38.4 Å². The first kappa shape index (κ1) is 19.8. The number of methoxy groups -OCH3 is 3. The summed E-state index contributed by atoms with van der Waals surface area (Å²) in [7, 11) is 4.05. The number of β-amino-alcohol motifs (C(OH)–C–C–N with tert-alkyl or cyclic N) is 1. The van der Waals surface area contributed by atoms with Gasteiger partial charge in [0.05, 0.1) is 31.5 Å². The SMILES string of the molecule is COC(=O)C1=C(Nc2ccc(C(OC)OC)cc2F)C(=O)N(CCO)C1. The Kier molecular flexibility index (Phi) is 6.67. The van der Waals surface area contributed by atoms with Crippen LogP contribution in [-0.4, -0.2) is 62.9 Å². The van der Waals surface area contributed by atoms with Crippen LogP contribution in [-0.2, 0) is 23.8 Å². The molecule has 0 spiro atoms. The molecule has 26 heavy (non-hydrogen) atoms. The number of aliphatic hydroxyl groups excluding tert-OH is 1. The first-order chi connectivity index (χ1) is 12.5. The number of carbonyl (C=O) groups is 2. The number of amides is 1. The van der Waals surface area contributed by atoms with Gasteiger partial charge in [-0.1, -0.05) is 6.07 Å². The number of nitrogens with zero attached hydrogens (tertiary/aromatic N) is 1. The number of rotatable bonds is 8. The Morgan fingerprint density at radius 3 is 2.58 bits per heavy atom. The Balaban J connectivity index is 2.32. The number of nitrogens with one attached hydrogen (secondary N) is 1. The van der Waals surface area contributed by atoms with E-state index in [0.717, 1.165) is 0 Å². The molecule has 0 saturated heterocycles. The third-order valence-electron chi connectivity index (χ3n) is 3.91. The normalized spacial score (nSPS) is 14.4. The Labute approximate surface area is 150 Å². The van der Waals surface area contributed by atoms with Gasteiger partial charge in [-0.05, 0) is 12.1 Å². The summed E-state index contributed by atoms with van der Waals surface area (Å²) in [4.78, 5) is 25.6. The number of ether oxygens (including phenoxy) is 3. The van der Waals surface area contributed by atoms with Crippen LogP contribution in [0.5, 0.6) is 0 Å². The van der Waals surface area contributed by atoms with E-state index >= 15 is 0 Å². The molecule has 0 aliphatic carbocycles. The third-order valence-corrected chi connectivity index (χ3v) is 3.91. The second kappa shape index (κ2) is 8.75. The third kappa shape index (κ3) is 4.01. The summed E-state index contributed by atoms with van der Waals surface area (Å²) in [6.45, 7) is -0.231. The Bertz CT molecular complexity index is 717. The van der Waals surface area contributed by atoms with Gasteiger partial charge in [-0.2, -0.15) is 0 Å². The Morgan fingerprint density at radius 1 is 1.35 bits per heavy atom. The van der Waals surface area contributed by atoms with Crippen LogP contribution < -0.4 is 5.32 Å². The van der Waals surface area contributed by atoms with Crippen LogP contribution in [0, 0.1) is 5.82 Å². The van der Waals surface area contributed by atoms with Gasteiger partial charge >= 0.3 is 5.97 Å². The fourth-order valence-corrected chi connectivity index (χ4v) is 2.63. The molecule has 1 aliphatic heterocycles. The molecule has 0 fully saturated rings. The summed E-state index contributed by atoms with van der Waals surface area (Å²) >= 11 is 0. The van der Waals surface area contributed by atoms with E-state index in [0.29, 0.717) is 5.56 Å². The number of aliphatic hydroxyl groups is 1. The summed E-state index contributed by atoms with van der Waals surface area (Å²) in [6, 6.07) is 4.20. The minimum atomic E-state index is -0.725. The van der Waals surface area contributed by atoms with Gasteiger partial charge in [-0.25, -0.2) is 9.18 Å². The fourth-order valence-electron chi connectivity index (χ4n) is 2.63. The highest BCUT2D eigenvalue weighted by molar-refractivity contribution is 6.08. The second-order valence-electron chi connectivity index (χ2n) is 5.46. The number of carbonyl (C=O) groups excluding carboxylic acids is 2. The van der Waals surface area contributed by atoms with E-state index in [1.54, 1.807) is 6.07 Å². The molecule has 1 amide bonds. The predicted molar refractivity (Wildman–Crippen MR) is 89.5 cm³/mol. The molecule has 0 saturated carbocycles. The Hall–Kier alpha value is -2.49. The van der Waals surface area contributed by atoms with E-state index in [4.69, 9.17) is 14.6 Å². The average Bonchev–Trinajstić information content (AvgIpc) is 2.94. The summed E-state index contributed by atoms with van der Waals surface area (Å²) in [5.74, 6) is -1.86. The molecule has 142 valence electrons. The number of anilines is 1. The first-order valence-corrected chi connectivity index (χ1v) is 7.80. The van der Waals surface area contributed by atoms with Crippen LogP contribution in [0.1, 0.15) is 11.9 Å². The predicted octanol–water partition coefficient (Wildman–Crippen LogP) is 0.791. The quantitative estimate of drug-likeness (QED) is 0.517. The van der Waals surface area contributed by atoms with Crippen molar-refractivity contribution < 1.29 is 33.3 Å². The van der Waals surface area contributed by atoms with Crippen molar-refractivity contribution in [1.29, 1.82) is 0 Å². The number of halogens is 1. The van der Waals surface area contributed by atoms with Gasteiger partial charge in [0.2, 0.25) is 0 Å². The van der Waals surface area contributed by atoms with Gasteiger partial charge in [0.15, 0.2) is 6.29 Å². The molecule has 1 aliphatic rings. The topological polar surface area (TPSA) is 97.3 Å². The highest BCUT2D eigenvalue weighted by atomic mass is 19.1. The van der Waals surface area contributed by atoms with Gasteiger partial charge in [0, 0.05) is 26.3 Å². The van der Waals surface area contributed by atoms with Crippen molar-refractivity contribution >= 4 is 17.6 Å². The molecular weight excluding hydrogens is 347 g/mol. The highest BCUT2D eigenvalue weighted by Crippen LogP contribution is 2.27. The van der Waals surface area contributed by atoms with Crippen molar-refractivity contribution in [1.82, 2.24) is 4.90 Å².